The van der Waals surface area contributed by atoms with Crippen LogP contribution in [0.25, 0.3) is 33.1 Å². The summed E-state index contributed by atoms with van der Waals surface area (Å²) in [5.41, 5.74) is 10.7. The fourth-order valence-corrected chi connectivity index (χ4v) is 3.35. The lowest BCUT2D eigenvalue weighted by Gasteiger charge is -2.12. The van der Waals surface area contributed by atoms with E-state index in [2.05, 4.69) is 39.4 Å². The monoisotopic (exact) mass is 347 g/mol. The lowest BCUT2D eigenvalue weighted by Crippen LogP contribution is -2.09. The number of aromatic nitrogens is 4. The lowest BCUT2D eigenvalue weighted by atomic mass is 10.0. The maximum absolute atomic E-state index is 9.74. The molecule has 0 bridgehead atoms. The molecule has 0 aliphatic heterocycles. The van der Waals surface area contributed by atoms with Crippen LogP contribution >= 0.6 is 0 Å². The Labute approximate surface area is 151 Å². The molecule has 0 saturated heterocycles. The topological polar surface area (TPSA) is 89.8 Å². The van der Waals surface area contributed by atoms with Crippen LogP contribution in [0.15, 0.2) is 42.7 Å². The van der Waals surface area contributed by atoms with E-state index in [0.717, 1.165) is 34.1 Å². The number of aliphatic hydroxyl groups is 1. The molecule has 26 heavy (non-hydrogen) atoms. The second-order valence-electron chi connectivity index (χ2n) is 6.86. The molecule has 0 radical (unpaired) electrons. The summed E-state index contributed by atoms with van der Waals surface area (Å²) in [5, 5.41) is 10.7. The summed E-state index contributed by atoms with van der Waals surface area (Å²) in [7, 11) is 0. The zero-order chi connectivity index (χ0) is 18.3. The number of benzene rings is 1. The highest BCUT2D eigenvalue weighted by atomic mass is 16.3. The van der Waals surface area contributed by atoms with Crippen molar-refractivity contribution < 1.29 is 5.11 Å². The molecule has 0 aliphatic rings. The van der Waals surface area contributed by atoms with Gasteiger partial charge in [-0.3, -0.25) is 4.98 Å². The molecular formula is C20H21N5O. The van der Waals surface area contributed by atoms with E-state index in [-0.39, 0.29) is 6.61 Å². The molecule has 6 nitrogen and oxygen atoms in total. The largest absolute Gasteiger partial charge is 0.388 e. The van der Waals surface area contributed by atoms with Crippen molar-refractivity contribution in [2.45, 2.75) is 27.0 Å². The molecule has 0 saturated carbocycles. The molecular weight excluding hydrogens is 326 g/mol. The number of rotatable bonds is 4. The summed E-state index contributed by atoms with van der Waals surface area (Å²) in [6, 6.07) is 10.1. The zero-order valence-electron chi connectivity index (χ0n) is 14.8. The normalized spacial score (nSPS) is 11.7. The minimum atomic E-state index is -0.129. The standard InChI is InChI=1S/C20H21N5O/c1-12(2)10-25-17(11-26)24-18-19(25)15-6-5-13(8-16(15)23-20(18)21)14-4-3-7-22-9-14/h3-9,12,26H,10-11H2,1-2H3,(H2,21,23). The van der Waals surface area contributed by atoms with Gasteiger partial charge in [-0.1, -0.05) is 32.0 Å². The van der Waals surface area contributed by atoms with Crippen LogP contribution in [0.1, 0.15) is 19.7 Å². The number of nitrogens with two attached hydrogens (primary N) is 1. The summed E-state index contributed by atoms with van der Waals surface area (Å²) in [6.45, 7) is 4.91. The summed E-state index contributed by atoms with van der Waals surface area (Å²) in [4.78, 5) is 13.3. The van der Waals surface area contributed by atoms with Crippen molar-refractivity contribution in [1.29, 1.82) is 0 Å². The zero-order valence-corrected chi connectivity index (χ0v) is 14.8. The highest BCUT2D eigenvalue weighted by molar-refractivity contribution is 6.07. The average Bonchev–Trinajstić information content (AvgIpc) is 3.01. The third kappa shape index (κ3) is 2.68. The number of hydrogen-bond donors (Lipinski definition) is 2. The van der Waals surface area contributed by atoms with E-state index in [0.29, 0.717) is 23.1 Å². The molecule has 0 spiro atoms. The molecule has 0 unspecified atom stereocenters. The van der Waals surface area contributed by atoms with Crippen LogP contribution in [0, 0.1) is 5.92 Å². The van der Waals surface area contributed by atoms with Gasteiger partial charge in [-0.25, -0.2) is 9.97 Å². The molecule has 4 aromatic rings. The fraction of sp³-hybridized carbons (Fsp3) is 0.250. The number of pyridine rings is 2. The third-order valence-corrected chi connectivity index (χ3v) is 4.47. The van der Waals surface area contributed by atoms with Gasteiger partial charge < -0.3 is 15.4 Å². The minimum Gasteiger partial charge on any atom is -0.388 e. The minimum absolute atomic E-state index is 0.129. The van der Waals surface area contributed by atoms with Crippen molar-refractivity contribution in [3.8, 4) is 11.1 Å². The first-order chi connectivity index (χ1) is 12.6. The number of aliphatic hydroxyl groups excluding tert-OH is 1. The first kappa shape index (κ1) is 16.5. The predicted molar refractivity (Wildman–Crippen MR) is 103 cm³/mol. The van der Waals surface area contributed by atoms with Crippen molar-refractivity contribution in [2.75, 3.05) is 5.73 Å². The Morgan fingerprint density at radius 2 is 2.00 bits per heavy atom. The molecule has 6 heteroatoms. The third-order valence-electron chi connectivity index (χ3n) is 4.47. The summed E-state index contributed by atoms with van der Waals surface area (Å²) >= 11 is 0. The van der Waals surface area contributed by atoms with Gasteiger partial charge in [0.05, 0.1) is 11.0 Å². The van der Waals surface area contributed by atoms with E-state index < -0.39 is 0 Å². The van der Waals surface area contributed by atoms with E-state index >= 15 is 0 Å². The molecule has 1 aromatic carbocycles. The second-order valence-corrected chi connectivity index (χ2v) is 6.86. The van der Waals surface area contributed by atoms with Crippen LogP contribution in [0.2, 0.25) is 0 Å². The van der Waals surface area contributed by atoms with Crippen LogP contribution in [0.4, 0.5) is 5.82 Å². The molecule has 3 heterocycles. The van der Waals surface area contributed by atoms with Gasteiger partial charge in [0, 0.05) is 29.9 Å². The first-order valence-electron chi connectivity index (χ1n) is 8.68. The number of nitrogen functional groups attached to an aromatic ring is 1. The van der Waals surface area contributed by atoms with Gasteiger partial charge in [0.1, 0.15) is 17.9 Å². The molecule has 3 N–H and O–H groups in total. The smallest absolute Gasteiger partial charge is 0.152 e. The van der Waals surface area contributed by atoms with Gasteiger partial charge in [0.15, 0.2) is 5.82 Å². The maximum Gasteiger partial charge on any atom is 0.152 e. The van der Waals surface area contributed by atoms with Crippen molar-refractivity contribution in [2.24, 2.45) is 5.92 Å². The molecule has 132 valence electrons. The second kappa shape index (κ2) is 6.38. The molecule has 3 aromatic heterocycles. The lowest BCUT2D eigenvalue weighted by molar-refractivity contribution is 0.264. The summed E-state index contributed by atoms with van der Waals surface area (Å²) in [5.74, 6) is 1.41. The Morgan fingerprint density at radius 1 is 1.15 bits per heavy atom. The van der Waals surface area contributed by atoms with Crippen molar-refractivity contribution in [1.82, 2.24) is 19.5 Å². The Kier molecular flexibility index (Phi) is 4.05. The van der Waals surface area contributed by atoms with Gasteiger partial charge in [-0.2, -0.15) is 0 Å². The van der Waals surface area contributed by atoms with Crippen LogP contribution < -0.4 is 5.73 Å². The Bertz CT molecular complexity index is 1090. The van der Waals surface area contributed by atoms with Gasteiger partial charge in [-0.05, 0) is 23.6 Å². The molecule has 0 fully saturated rings. The quantitative estimate of drug-likeness (QED) is 0.591. The van der Waals surface area contributed by atoms with E-state index in [1.807, 2.05) is 30.5 Å². The fourth-order valence-electron chi connectivity index (χ4n) is 3.35. The average molecular weight is 347 g/mol. The number of nitrogens with zero attached hydrogens (tertiary/aromatic N) is 4. The van der Waals surface area contributed by atoms with E-state index in [1.54, 1.807) is 6.20 Å². The van der Waals surface area contributed by atoms with Crippen LogP contribution in [0.3, 0.4) is 0 Å². The summed E-state index contributed by atoms with van der Waals surface area (Å²) < 4.78 is 2.06. The van der Waals surface area contributed by atoms with Gasteiger partial charge >= 0.3 is 0 Å². The molecule has 0 atom stereocenters. The Hall–Kier alpha value is -2.99. The predicted octanol–water partition coefficient (Wildman–Crippen LogP) is 3.38. The number of fused-ring (bicyclic) bond motifs is 3. The summed E-state index contributed by atoms with van der Waals surface area (Å²) in [6.07, 6.45) is 3.58. The molecule has 4 rings (SSSR count). The van der Waals surface area contributed by atoms with Gasteiger partial charge in [-0.15, -0.1) is 0 Å². The van der Waals surface area contributed by atoms with Gasteiger partial charge in [0.25, 0.3) is 0 Å². The van der Waals surface area contributed by atoms with Crippen LogP contribution in [-0.2, 0) is 13.2 Å². The van der Waals surface area contributed by atoms with Crippen molar-refractivity contribution in [3.05, 3.63) is 48.5 Å². The van der Waals surface area contributed by atoms with E-state index in [9.17, 15) is 5.11 Å². The number of anilines is 1. The molecule has 0 aliphatic carbocycles. The highest BCUT2D eigenvalue weighted by Crippen LogP contribution is 2.32. The SMILES string of the molecule is CC(C)Cn1c(CO)nc2c(N)nc3cc(-c4cccnc4)ccc3c21. The Morgan fingerprint density at radius 3 is 2.69 bits per heavy atom. The van der Waals surface area contributed by atoms with Gasteiger partial charge in [0.2, 0.25) is 0 Å². The maximum atomic E-state index is 9.74. The van der Waals surface area contributed by atoms with E-state index in [4.69, 9.17) is 5.73 Å². The van der Waals surface area contributed by atoms with Crippen molar-refractivity contribution in [3.63, 3.8) is 0 Å². The number of hydrogen-bond acceptors (Lipinski definition) is 5. The van der Waals surface area contributed by atoms with Crippen LogP contribution in [-0.4, -0.2) is 24.6 Å². The highest BCUT2D eigenvalue weighted by Gasteiger charge is 2.18. The molecule has 0 amide bonds. The van der Waals surface area contributed by atoms with E-state index in [1.165, 1.54) is 0 Å². The first-order valence-corrected chi connectivity index (χ1v) is 8.68. The Balaban J connectivity index is 2.01. The van der Waals surface area contributed by atoms with Crippen molar-refractivity contribution >= 4 is 27.8 Å². The van der Waals surface area contributed by atoms with Crippen LogP contribution in [0.5, 0.6) is 0 Å². The number of imidazole rings is 1.